The van der Waals surface area contributed by atoms with Gasteiger partial charge in [-0.05, 0) is 24.3 Å². The molecule has 9 heteroatoms. The van der Waals surface area contributed by atoms with Crippen LogP contribution in [0.15, 0.2) is 42.9 Å². The summed E-state index contributed by atoms with van der Waals surface area (Å²) in [7, 11) is 3.65. The molecule has 3 N–H and O–H groups in total. The molecule has 0 aromatic carbocycles. The van der Waals surface area contributed by atoms with Crippen LogP contribution in [0.2, 0.25) is 0 Å². The molecule has 0 saturated heterocycles. The number of anilines is 3. The molecule has 26 heavy (non-hydrogen) atoms. The smallest absolute Gasteiger partial charge is 0.277 e. The number of hydrogen-bond acceptors (Lipinski definition) is 7. The van der Waals surface area contributed by atoms with Gasteiger partial charge < -0.3 is 16.0 Å². The van der Waals surface area contributed by atoms with Crippen molar-refractivity contribution in [1.29, 1.82) is 0 Å². The first-order chi connectivity index (χ1) is 12.4. The van der Waals surface area contributed by atoms with Crippen LogP contribution in [0.25, 0.3) is 11.3 Å². The molecule has 8 nitrogen and oxygen atoms in total. The van der Waals surface area contributed by atoms with E-state index in [2.05, 4.69) is 25.3 Å². The Morgan fingerprint density at radius 3 is 2.50 bits per heavy atom. The Balaban J connectivity index is 1.83. The first-order valence-corrected chi connectivity index (χ1v) is 7.63. The topological polar surface area (TPSA) is 110 Å². The Hall–Kier alpha value is -3.62. The maximum atomic E-state index is 13.0. The highest BCUT2D eigenvalue weighted by atomic mass is 19.1. The molecule has 132 valence electrons. The number of hydrogen-bond donors (Lipinski definition) is 2. The van der Waals surface area contributed by atoms with E-state index in [0.29, 0.717) is 17.1 Å². The van der Waals surface area contributed by atoms with Crippen LogP contribution >= 0.6 is 0 Å². The van der Waals surface area contributed by atoms with Crippen molar-refractivity contribution in [3.8, 4) is 11.3 Å². The van der Waals surface area contributed by atoms with Crippen molar-refractivity contribution in [2.45, 2.75) is 0 Å². The van der Waals surface area contributed by atoms with Gasteiger partial charge in [0.25, 0.3) is 5.91 Å². The summed E-state index contributed by atoms with van der Waals surface area (Å²) in [6.07, 6.45) is 4.21. The van der Waals surface area contributed by atoms with Gasteiger partial charge in [0, 0.05) is 25.9 Å². The molecule has 3 aromatic heterocycles. The molecule has 0 aliphatic carbocycles. The van der Waals surface area contributed by atoms with Crippen LogP contribution in [0, 0.1) is 5.95 Å². The minimum atomic E-state index is -0.586. The van der Waals surface area contributed by atoms with E-state index >= 15 is 0 Å². The molecule has 0 fully saturated rings. The maximum absolute atomic E-state index is 13.0. The van der Waals surface area contributed by atoms with Crippen molar-refractivity contribution in [3.05, 3.63) is 54.5 Å². The van der Waals surface area contributed by atoms with E-state index in [9.17, 15) is 9.18 Å². The lowest BCUT2D eigenvalue weighted by Crippen LogP contribution is -2.18. The van der Waals surface area contributed by atoms with Crippen molar-refractivity contribution in [2.24, 2.45) is 0 Å². The van der Waals surface area contributed by atoms with Crippen molar-refractivity contribution in [2.75, 3.05) is 30.0 Å². The van der Waals surface area contributed by atoms with Crippen LogP contribution in [0.1, 0.15) is 10.5 Å². The number of nitrogens with two attached hydrogens (primary N) is 1. The monoisotopic (exact) mass is 353 g/mol. The third kappa shape index (κ3) is 3.72. The first-order valence-electron chi connectivity index (χ1n) is 7.63. The van der Waals surface area contributed by atoms with Crippen LogP contribution in [0.5, 0.6) is 0 Å². The number of rotatable bonds is 4. The van der Waals surface area contributed by atoms with E-state index in [1.54, 1.807) is 17.0 Å². The Kier molecular flexibility index (Phi) is 4.70. The van der Waals surface area contributed by atoms with Crippen LogP contribution in [0.4, 0.5) is 21.7 Å². The van der Waals surface area contributed by atoms with Gasteiger partial charge in [-0.2, -0.15) is 4.39 Å². The molecule has 3 heterocycles. The van der Waals surface area contributed by atoms with Gasteiger partial charge >= 0.3 is 0 Å². The van der Waals surface area contributed by atoms with E-state index in [1.165, 1.54) is 30.7 Å². The summed E-state index contributed by atoms with van der Waals surface area (Å²) in [5, 5.41) is 2.61. The molecular formula is C17H16FN7O. The van der Waals surface area contributed by atoms with Gasteiger partial charge in [-0.15, -0.1) is 0 Å². The van der Waals surface area contributed by atoms with Crippen LogP contribution in [0.3, 0.4) is 0 Å². The Bertz CT molecular complexity index is 927. The minimum Gasteiger partial charge on any atom is -0.396 e. The van der Waals surface area contributed by atoms with Gasteiger partial charge in [-0.1, -0.05) is 0 Å². The highest BCUT2D eigenvalue weighted by molar-refractivity contribution is 6.03. The van der Waals surface area contributed by atoms with Crippen molar-refractivity contribution >= 4 is 23.2 Å². The number of nitrogens with zero attached hydrogens (tertiary/aromatic N) is 5. The summed E-state index contributed by atoms with van der Waals surface area (Å²) in [5.41, 5.74) is 7.39. The lowest BCUT2D eigenvalue weighted by atomic mass is 10.2. The average Bonchev–Trinajstić information content (AvgIpc) is 2.64. The molecule has 0 radical (unpaired) electrons. The zero-order chi connectivity index (χ0) is 18.7. The summed E-state index contributed by atoms with van der Waals surface area (Å²) >= 11 is 0. The van der Waals surface area contributed by atoms with Gasteiger partial charge in [-0.25, -0.2) is 19.9 Å². The number of carbonyl (C=O) groups is 1. The molecular weight excluding hydrogens is 337 g/mol. The predicted molar refractivity (Wildman–Crippen MR) is 96.2 cm³/mol. The molecule has 0 bridgehead atoms. The van der Waals surface area contributed by atoms with E-state index in [-0.39, 0.29) is 17.2 Å². The third-order valence-electron chi connectivity index (χ3n) is 3.51. The minimum absolute atomic E-state index is 0.130. The van der Waals surface area contributed by atoms with Gasteiger partial charge in [0.15, 0.2) is 5.82 Å². The standard InChI is InChI=1S/C17H16FN7O/c1-25(2)15-9-20-13(8-22-15)17(26)24-16-11(19)4-5-12(23-16)10-3-6-14(18)21-7-10/h3-9H,19H2,1-2H3,(H,23,24,26). The largest absolute Gasteiger partial charge is 0.396 e. The van der Waals surface area contributed by atoms with Crippen LogP contribution in [-0.4, -0.2) is 39.9 Å². The number of halogens is 1. The van der Waals surface area contributed by atoms with Gasteiger partial charge in [-0.3, -0.25) is 4.79 Å². The molecule has 0 unspecified atom stereocenters. The number of pyridine rings is 2. The lowest BCUT2D eigenvalue weighted by Gasteiger charge is -2.11. The Morgan fingerprint density at radius 2 is 1.88 bits per heavy atom. The van der Waals surface area contributed by atoms with Crippen molar-refractivity contribution in [3.63, 3.8) is 0 Å². The number of aromatic nitrogens is 4. The molecule has 3 rings (SSSR count). The first kappa shape index (κ1) is 17.2. The number of carbonyl (C=O) groups excluding carboxylic acids is 1. The number of amides is 1. The fraction of sp³-hybridized carbons (Fsp3) is 0.118. The molecule has 0 atom stereocenters. The zero-order valence-corrected chi connectivity index (χ0v) is 14.1. The average molecular weight is 353 g/mol. The van der Waals surface area contributed by atoms with E-state index < -0.39 is 11.9 Å². The maximum Gasteiger partial charge on any atom is 0.277 e. The highest BCUT2D eigenvalue weighted by Gasteiger charge is 2.13. The van der Waals surface area contributed by atoms with Crippen molar-refractivity contribution < 1.29 is 9.18 Å². The Morgan fingerprint density at radius 1 is 1.08 bits per heavy atom. The van der Waals surface area contributed by atoms with Crippen LogP contribution in [-0.2, 0) is 0 Å². The molecule has 0 aliphatic rings. The molecule has 0 spiro atoms. The number of nitrogen functional groups attached to an aromatic ring is 1. The van der Waals surface area contributed by atoms with Gasteiger partial charge in [0.2, 0.25) is 5.95 Å². The van der Waals surface area contributed by atoms with Gasteiger partial charge in [0.05, 0.1) is 23.8 Å². The van der Waals surface area contributed by atoms with Crippen molar-refractivity contribution in [1.82, 2.24) is 19.9 Å². The summed E-state index contributed by atoms with van der Waals surface area (Å²) in [4.78, 5) is 30.2. The number of nitrogens with one attached hydrogen (secondary N) is 1. The summed E-state index contributed by atoms with van der Waals surface area (Å²) < 4.78 is 13.0. The van der Waals surface area contributed by atoms with E-state index in [1.807, 2.05) is 14.1 Å². The van der Waals surface area contributed by atoms with Crippen LogP contribution < -0.4 is 16.0 Å². The highest BCUT2D eigenvalue weighted by Crippen LogP contribution is 2.23. The van der Waals surface area contributed by atoms with E-state index in [0.717, 1.165) is 0 Å². The fourth-order valence-electron chi connectivity index (χ4n) is 2.10. The molecule has 1 amide bonds. The summed E-state index contributed by atoms with van der Waals surface area (Å²) in [5.74, 6) is -0.269. The van der Waals surface area contributed by atoms with E-state index in [4.69, 9.17) is 5.73 Å². The zero-order valence-electron chi connectivity index (χ0n) is 14.1. The second-order valence-corrected chi connectivity index (χ2v) is 5.61. The summed E-state index contributed by atoms with van der Waals surface area (Å²) in [6, 6.07) is 6.03. The lowest BCUT2D eigenvalue weighted by molar-refractivity contribution is 0.102. The Labute approximate surface area is 148 Å². The normalized spacial score (nSPS) is 10.4. The molecule has 0 aliphatic heterocycles. The fourth-order valence-corrected chi connectivity index (χ4v) is 2.10. The summed E-state index contributed by atoms with van der Waals surface area (Å²) in [6.45, 7) is 0. The second kappa shape index (κ2) is 7.09. The molecule has 3 aromatic rings. The second-order valence-electron chi connectivity index (χ2n) is 5.61. The quantitative estimate of drug-likeness (QED) is 0.690. The van der Waals surface area contributed by atoms with Gasteiger partial charge in [0.1, 0.15) is 11.5 Å². The third-order valence-corrected chi connectivity index (χ3v) is 3.51. The molecule has 0 saturated carbocycles. The SMILES string of the molecule is CN(C)c1cnc(C(=O)Nc2nc(-c3ccc(F)nc3)ccc2N)cn1. The predicted octanol–water partition coefficient (Wildman–Crippen LogP) is 1.97.